The minimum atomic E-state index is -0.318. The van der Waals surface area contributed by atoms with E-state index in [2.05, 4.69) is 9.97 Å². The molecule has 90 valence electrons. The van der Waals surface area contributed by atoms with Crippen molar-refractivity contribution in [2.24, 2.45) is 7.05 Å². The molecule has 1 heterocycles. The van der Waals surface area contributed by atoms with E-state index in [0.717, 1.165) is 0 Å². The third-order valence-electron chi connectivity index (χ3n) is 1.69. The molecule has 0 aliphatic rings. The van der Waals surface area contributed by atoms with Crippen LogP contribution in [0.4, 0.5) is 0 Å². The molecular weight excluding hydrogens is 210 g/mol. The molecule has 16 heavy (non-hydrogen) atoms. The zero-order chi connectivity index (χ0) is 12.3. The second kappa shape index (κ2) is 4.96. The maximum absolute atomic E-state index is 11.5. The third-order valence-corrected chi connectivity index (χ3v) is 1.69. The van der Waals surface area contributed by atoms with Gasteiger partial charge in [0.25, 0.3) is 0 Å². The molecule has 0 bridgehead atoms. The van der Waals surface area contributed by atoms with Crippen LogP contribution in [-0.4, -0.2) is 22.2 Å². The molecule has 0 aliphatic heterocycles. The number of rotatable bonds is 4. The third kappa shape index (κ3) is 3.22. The highest BCUT2D eigenvalue weighted by Crippen LogP contribution is 2.06. The first-order chi connectivity index (χ1) is 7.40. The molecule has 0 saturated carbocycles. The van der Waals surface area contributed by atoms with E-state index in [4.69, 9.17) is 9.47 Å². The Kier molecular flexibility index (Phi) is 3.87. The van der Waals surface area contributed by atoms with Crippen molar-refractivity contribution in [3.05, 3.63) is 10.5 Å². The first-order valence-electron chi connectivity index (χ1n) is 5.23. The Morgan fingerprint density at radius 1 is 1.19 bits per heavy atom. The molecule has 0 aliphatic carbocycles. The van der Waals surface area contributed by atoms with Crippen LogP contribution in [0, 0.1) is 0 Å². The first-order valence-corrected chi connectivity index (χ1v) is 5.23. The topological polar surface area (TPSA) is 68.1 Å². The van der Waals surface area contributed by atoms with E-state index in [1.165, 1.54) is 4.57 Å². The second-order valence-electron chi connectivity index (χ2n) is 4.02. The lowest BCUT2D eigenvalue weighted by Gasteiger charge is -2.08. The summed E-state index contributed by atoms with van der Waals surface area (Å²) in [6.45, 7) is 7.45. The highest BCUT2D eigenvalue weighted by atomic mass is 16.5. The highest BCUT2D eigenvalue weighted by Gasteiger charge is 2.19. The quantitative estimate of drug-likeness (QED) is 0.746. The van der Waals surface area contributed by atoms with E-state index in [1.807, 2.05) is 27.7 Å². The van der Waals surface area contributed by atoms with Crippen LogP contribution in [0.3, 0.4) is 0 Å². The Morgan fingerprint density at radius 3 is 2.25 bits per heavy atom. The minimum Gasteiger partial charge on any atom is -0.438 e. The average molecular weight is 228 g/mol. The van der Waals surface area contributed by atoms with Crippen LogP contribution in [-0.2, 0) is 7.05 Å². The van der Waals surface area contributed by atoms with Gasteiger partial charge in [0.15, 0.2) is 0 Å². The molecule has 0 spiro atoms. The van der Waals surface area contributed by atoms with Gasteiger partial charge in [0.2, 0.25) is 0 Å². The van der Waals surface area contributed by atoms with Crippen LogP contribution < -0.4 is 19.7 Å². The van der Waals surface area contributed by atoms with Gasteiger partial charge in [-0.25, -0.2) is 4.79 Å². The SMILES string of the molecule is CC(C)Oc1nc(OC(C)C)[n+](C)c(=O)[nH]1. The van der Waals surface area contributed by atoms with Crippen LogP contribution in [0.5, 0.6) is 12.0 Å². The van der Waals surface area contributed by atoms with Crippen molar-refractivity contribution in [3.8, 4) is 12.0 Å². The summed E-state index contributed by atoms with van der Waals surface area (Å²) in [5.74, 6) is 0. The Bertz CT molecular complexity index is 412. The van der Waals surface area contributed by atoms with Crippen LogP contribution in [0.25, 0.3) is 0 Å². The van der Waals surface area contributed by atoms with Gasteiger partial charge in [0.1, 0.15) is 0 Å². The van der Waals surface area contributed by atoms with Gasteiger partial charge in [-0.15, -0.1) is 0 Å². The fraction of sp³-hybridized carbons (Fsp3) is 0.700. The molecule has 1 aromatic heterocycles. The summed E-state index contributed by atoms with van der Waals surface area (Å²) >= 11 is 0. The molecule has 6 heteroatoms. The van der Waals surface area contributed by atoms with Crippen LogP contribution in [0.2, 0.25) is 0 Å². The Labute approximate surface area is 94.2 Å². The molecule has 0 amide bonds. The van der Waals surface area contributed by atoms with E-state index in [9.17, 15) is 4.79 Å². The Balaban J connectivity index is 3.07. The number of aromatic nitrogens is 3. The van der Waals surface area contributed by atoms with Crippen molar-refractivity contribution in [1.29, 1.82) is 0 Å². The van der Waals surface area contributed by atoms with Crippen molar-refractivity contribution < 1.29 is 14.0 Å². The van der Waals surface area contributed by atoms with Crippen molar-refractivity contribution in [1.82, 2.24) is 9.97 Å². The zero-order valence-electron chi connectivity index (χ0n) is 10.3. The van der Waals surface area contributed by atoms with Gasteiger partial charge < -0.3 is 9.47 Å². The molecule has 0 unspecified atom stereocenters. The van der Waals surface area contributed by atoms with Crippen molar-refractivity contribution in [2.75, 3.05) is 0 Å². The van der Waals surface area contributed by atoms with E-state index in [-0.39, 0.29) is 29.9 Å². The molecular formula is C10H18N3O3+. The lowest BCUT2D eigenvalue weighted by Crippen LogP contribution is -2.50. The summed E-state index contributed by atoms with van der Waals surface area (Å²) in [4.78, 5) is 18.1. The van der Waals surface area contributed by atoms with Gasteiger partial charge in [-0.1, -0.05) is 0 Å². The van der Waals surface area contributed by atoms with Crippen molar-refractivity contribution in [3.63, 3.8) is 0 Å². The van der Waals surface area contributed by atoms with Crippen LogP contribution >= 0.6 is 0 Å². The number of nitrogens with one attached hydrogen (secondary N) is 1. The van der Waals surface area contributed by atoms with Crippen molar-refractivity contribution >= 4 is 0 Å². The number of aromatic amines is 1. The smallest absolute Gasteiger partial charge is 0.438 e. The minimum absolute atomic E-state index is 0.0487. The molecule has 1 aromatic rings. The summed E-state index contributed by atoms with van der Waals surface area (Å²) in [6, 6.07) is 0.420. The predicted molar refractivity (Wildman–Crippen MR) is 57.6 cm³/mol. The molecule has 0 saturated heterocycles. The number of nitrogens with zero attached hydrogens (tertiary/aromatic N) is 2. The molecule has 0 fully saturated rings. The van der Waals surface area contributed by atoms with E-state index in [0.29, 0.717) is 0 Å². The predicted octanol–water partition coefficient (Wildman–Crippen LogP) is 0.169. The number of hydrogen-bond donors (Lipinski definition) is 1. The first kappa shape index (κ1) is 12.5. The standard InChI is InChI=1S/C10H17N3O3/c1-6(2)15-8-11-9(14)13(5)10(12-8)16-7(3)4/h6-7H,1-5H3/p+1. The number of hydrogen-bond acceptors (Lipinski definition) is 4. The van der Waals surface area contributed by atoms with Crippen LogP contribution in [0.1, 0.15) is 27.7 Å². The maximum Gasteiger partial charge on any atom is 0.448 e. The zero-order valence-corrected chi connectivity index (χ0v) is 10.3. The summed E-state index contributed by atoms with van der Waals surface area (Å²) in [7, 11) is 1.59. The number of ether oxygens (including phenoxy) is 2. The molecule has 6 nitrogen and oxygen atoms in total. The molecule has 0 radical (unpaired) electrons. The fourth-order valence-corrected chi connectivity index (χ4v) is 1.05. The van der Waals surface area contributed by atoms with Crippen molar-refractivity contribution in [2.45, 2.75) is 39.9 Å². The van der Waals surface area contributed by atoms with Gasteiger partial charge >= 0.3 is 17.7 Å². The monoisotopic (exact) mass is 228 g/mol. The van der Waals surface area contributed by atoms with Gasteiger partial charge in [-0.05, 0) is 27.7 Å². The fourth-order valence-electron chi connectivity index (χ4n) is 1.05. The molecule has 0 aromatic carbocycles. The summed E-state index contributed by atoms with van der Waals surface area (Å²) in [5.41, 5.74) is -0.318. The Hall–Kier alpha value is -1.59. The summed E-state index contributed by atoms with van der Waals surface area (Å²) in [6.07, 6.45) is -0.102. The van der Waals surface area contributed by atoms with Gasteiger partial charge in [-0.2, -0.15) is 9.55 Å². The molecule has 1 rings (SSSR count). The average Bonchev–Trinajstić information content (AvgIpc) is 2.11. The largest absolute Gasteiger partial charge is 0.448 e. The van der Waals surface area contributed by atoms with Gasteiger partial charge in [-0.3, -0.25) is 0 Å². The van der Waals surface area contributed by atoms with E-state index >= 15 is 0 Å². The lowest BCUT2D eigenvalue weighted by molar-refractivity contribution is -0.698. The van der Waals surface area contributed by atoms with Crippen LogP contribution in [0.15, 0.2) is 4.79 Å². The Morgan fingerprint density at radius 2 is 1.75 bits per heavy atom. The van der Waals surface area contributed by atoms with E-state index in [1.54, 1.807) is 7.05 Å². The summed E-state index contributed by atoms with van der Waals surface area (Å²) in [5, 5.41) is 0. The van der Waals surface area contributed by atoms with E-state index < -0.39 is 0 Å². The summed E-state index contributed by atoms with van der Waals surface area (Å²) < 4.78 is 12.0. The maximum atomic E-state index is 11.5. The lowest BCUT2D eigenvalue weighted by atomic mass is 10.5. The van der Waals surface area contributed by atoms with Gasteiger partial charge in [0.05, 0.1) is 19.3 Å². The number of H-pyrrole nitrogens is 1. The molecule has 1 N–H and O–H groups in total. The second-order valence-corrected chi connectivity index (χ2v) is 4.02. The highest BCUT2D eigenvalue weighted by molar-refractivity contribution is 4.95. The van der Waals surface area contributed by atoms with Gasteiger partial charge in [0, 0.05) is 4.98 Å². The normalized spacial score (nSPS) is 10.9. The molecule has 0 atom stereocenters.